The summed E-state index contributed by atoms with van der Waals surface area (Å²) in [6.07, 6.45) is 0.228. The minimum Gasteiger partial charge on any atom is -0.378 e. The lowest BCUT2D eigenvalue weighted by Gasteiger charge is -2.30. The predicted octanol–water partition coefficient (Wildman–Crippen LogP) is 3.16. The van der Waals surface area contributed by atoms with Crippen molar-refractivity contribution in [1.29, 1.82) is 0 Å². The van der Waals surface area contributed by atoms with Crippen LogP contribution in [0.5, 0.6) is 0 Å². The number of amides is 2. The van der Waals surface area contributed by atoms with Crippen molar-refractivity contribution in [2.75, 3.05) is 43.1 Å². The highest BCUT2D eigenvalue weighted by atomic mass is 35.5. The van der Waals surface area contributed by atoms with Crippen LogP contribution in [0.3, 0.4) is 0 Å². The second-order valence-electron chi connectivity index (χ2n) is 7.41. The molecule has 0 bridgehead atoms. The zero-order chi connectivity index (χ0) is 20.2. The number of hydrogen-bond donors (Lipinski definition) is 1. The van der Waals surface area contributed by atoms with Gasteiger partial charge in [0.25, 0.3) is 0 Å². The van der Waals surface area contributed by atoms with Crippen molar-refractivity contribution in [1.82, 2.24) is 4.90 Å². The van der Waals surface area contributed by atoms with Crippen molar-refractivity contribution < 1.29 is 14.3 Å². The zero-order valence-corrected chi connectivity index (χ0v) is 16.9. The maximum Gasteiger partial charge on any atom is 0.229 e. The van der Waals surface area contributed by atoms with Crippen LogP contribution in [-0.2, 0) is 20.9 Å². The molecule has 0 saturated carbocycles. The molecule has 1 unspecified atom stereocenters. The van der Waals surface area contributed by atoms with Crippen molar-refractivity contribution >= 4 is 34.8 Å². The molecule has 2 heterocycles. The van der Waals surface area contributed by atoms with E-state index in [2.05, 4.69) is 10.2 Å². The maximum atomic E-state index is 12.9. The summed E-state index contributed by atoms with van der Waals surface area (Å²) in [5.74, 6) is -0.512. The van der Waals surface area contributed by atoms with Crippen molar-refractivity contribution in [2.24, 2.45) is 5.92 Å². The van der Waals surface area contributed by atoms with Gasteiger partial charge in [0.2, 0.25) is 11.8 Å². The van der Waals surface area contributed by atoms with Crippen LogP contribution in [0.25, 0.3) is 0 Å². The molecule has 2 amide bonds. The zero-order valence-electron chi connectivity index (χ0n) is 16.1. The highest BCUT2D eigenvalue weighted by Gasteiger charge is 2.34. The van der Waals surface area contributed by atoms with Gasteiger partial charge in [-0.3, -0.25) is 9.59 Å². The molecule has 2 saturated heterocycles. The highest BCUT2D eigenvalue weighted by Crippen LogP contribution is 2.31. The Morgan fingerprint density at radius 2 is 1.90 bits per heavy atom. The lowest BCUT2D eigenvalue weighted by molar-refractivity contribution is -0.128. The Morgan fingerprint density at radius 1 is 1.14 bits per heavy atom. The van der Waals surface area contributed by atoms with Gasteiger partial charge in [-0.2, -0.15) is 0 Å². The Morgan fingerprint density at radius 3 is 2.66 bits per heavy atom. The number of anilines is 2. The molecule has 4 rings (SSSR count). The second kappa shape index (κ2) is 8.84. The molecule has 2 aromatic carbocycles. The number of likely N-dealkylation sites (tertiary alicyclic amines) is 1. The summed E-state index contributed by atoms with van der Waals surface area (Å²) in [5, 5.41) is 3.57. The van der Waals surface area contributed by atoms with Crippen LogP contribution in [0.1, 0.15) is 12.0 Å². The molecule has 7 heteroatoms. The summed E-state index contributed by atoms with van der Waals surface area (Å²) in [7, 11) is 0. The predicted molar refractivity (Wildman–Crippen MR) is 113 cm³/mol. The van der Waals surface area contributed by atoms with Gasteiger partial charge in [-0.05, 0) is 23.8 Å². The second-order valence-corrected chi connectivity index (χ2v) is 7.85. The van der Waals surface area contributed by atoms with Crippen LogP contribution >= 0.6 is 11.6 Å². The number of halogens is 1. The third-order valence-electron chi connectivity index (χ3n) is 5.37. The average Bonchev–Trinajstić information content (AvgIpc) is 3.10. The maximum absolute atomic E-state index is 12.9. The number of hydrogen-bond acceptors (Lipinski definition) is 4. The van der Waals surface area contributed by atoms with Crippen molar-refractivity contribution in [3.05, 3.63) is 59.1 Å². The molecule has 6 nitrogen and oxygen atoms in total. The molecule has 152 valence electrons. The van der Waals surface area contributed by atoms with E-state index in [4.69, 9.17) is 16.3 Å². The first kappa shape index (κ1) is 19.7. The number of benzene rings is 2. The van der Waals surface area contributed by atoms with Crippen molar-refractivity contribution in [3.8, 4) is 0 Å². The van der Waals surface area contributed by atoms with Gasteiger partial charge in [0.1, 0.15) is 0 Å². The minimum absolute atomic E-state index is 0.00787. The van der Waals surface area contributed by atoms with Gasteiger partial charge in [-0.25, -0.2) is 0 Å². The lowest BCUT2D eigenvalue weighted by atomic mass is 10.1. The summed E-state index contributed by atoms with van der Waals surface area (Å²) < 4.78 is 5.42. The van der Waals surface area contributed by atoms with Gasteiger partial charge in [0.15, 0.2) is 0 Å². The van der Waals surface area contributed by atoms with Crippen LogP contribution in [0, 0.1) is 5.92 Å². The fourth-order valence-corrected chi connectivity index (χ4v) is 4.00. The van der Waals surface area contributed by atoms with Crippen molar-refractivity contribution in [2.45, 2.75) is 13.0 Å². The normalized spacial score (nSPS) is 19.5. The Bertz CT molecular complexity index is 884. The van der Waals surface area contributed by atoms with E-state index < -0.39 is 0 Å². The molecule has 2 aliphatic heterocycles. The first-order valence-corrected chi connectivity index (χ1v) is 10.2. The van der Waals surface area contributed by atoms with Crippen LogP contribution in [0.4, 0.5) is 11.4 Å². The summed E-state index contributed by atoms with van der Waals surface area (Å²) in [5.41, 5.74) is 2.67. The van der Waals surface area contributed by atoms with E-state index in [0.29, 0.717) is 37.0 Å². The molecule has 2 aromatic rings. The van der Waals surface area contributed by atoms with E-state index in [0.717, 1.165) is 24.3 Å². The van der Waals surface area contributed by atoms with Crippen LogP contribution in [-0.4, -0.2) is 49.6 Å². The molecule has 0 aliphatic carbocycles. The van der Waals surface area contributed by atoms with E-state index >= 15 is 0 Å². The summed E-state index contributed by atoms with van der Waals surface area (Å²) >= 11 is 6.18. The molecule has 0 radical (unpaired) electrons. The van der Waals surface area contributed by atoms with E-state index in [-0.39, 0.29) is 24.2 Å². The van der Waals surface area contributed by atoms with Gasteiger partial charge in [0, 0.05) is 37.6 Å². The van der Waals surface area contributed by atoms with Crippen LogP contribution in [0.15, 0.2) is 48.5 Å². The van der Waals surface area contributed by atoms with E-state index in [1.807, 2.05) is 42.5 Å². The molecule has 0 aromatic heterocycles. The SMILES string of the molecule is O=C(Nc1cc(Cl)ccc1N1CCOCC1)C1CC(=O)N(Cc2ccccc2)C1. The number of ether oxygens (including phenoxy) is 1. The third kappa shape index (κ3) is 4.71. The average molecular weight is 414 g/mol. The molecule has 1 N–H and O–H groups in total. The van der Waals surface area contributed by atoms with Crippen LogP contribution < -0.4 is 10.2 Å². The Hall–Kier alpha value is -2.57. The Balaban J connectivity index is 1.44. The van der Waals surface area contributed by atoms with Gasteiger partial charge in [-0.1, -0.05) is 41.9 Å². The first-order valence-electron chi connectivity index (χ1n) is 9.85. The Kier molecular flexibility index (Phi) is 6.02. The van der Waals surface area contributed by atoms with Gasteiger partial charge >= 0.3 is 0 Å². The lowest BCUT2D eigenvalue weighted by Crippen LogP contribution is -2.37. The first-order chi connectivity index (χ1) is 14.1. The molecular weight excluding hydrogens is 390 g/mol. The number of carbonyl (C=O) groups excluding carboxylic acids is 2. The number of morpholine rings is 1. The molecule has 0 spiro atoms. The van der Waals surface area contributed by atoms with E-state index in [9.17, 15) is 9.59 Å². The standard InChI is InChI=1S/C22H24ClN3O3/c23-18-6-7-20(25-8-10-29-11-9-25)19(13-18)24-22(28)17-12-21(27)26(15-17)14-16-4-2-1-3-5-16/h1-7,13,17H,8-12,14-15H2,(H,24,28). The summed E-state index contributed by atoms with van der Waals surface area (Å²) in [6, 6.07) is 15.3. The Labute approximate surface area is 175 Å². The topological polar surface area (TPSA) is 61.9 Å². The number of nitrogens with zero attached hydrogens (tertiary/aromatic N) is 2. The monoisotopic (exact) mass is 413 g/mol. The smallest absolute Gasteiger partial charge is 0.229 e. The van der Waals surface area contributed by atoms with E-state index in [1.54, 1.807) is 11.0 Å². The van der Waals surface area contributed by atoms with Crippen molar-refractivity contribution in [3.63, 3.8) is 0 Å². The van der Waals surface area contributed by atoms with Gasteiger partial charge in [0.05, 0.1) is 30.5 Å². The number of nitrogens with one attached hydrogen (secondary N) is 1. The molecule has 29 heavy (non-hydrogen) atoms. The highest BCUT2D eigenvalue weighted by molar-refractivity contribution is 6.31. The van der Waals surface area contributed by atoms with Gasteiger partial charge in [-0.15, -0.1) is 0 Å². The largest absolute Gasteiger partial charge is 0.378 e. The number of carbonyl (C=O) groups is 2. The van der Waals surface area contributed by atoms with E-state index in [1.165, 1.54) is 0 Å². The molecule has 2 fully saturated rings. The summed E-state index contributed by atoms with van der Waals surface area (Å²) in [6.45, 7) is 3.78. The molecule has 2 aliphatic rings. The molecule has 1 atom stereocenters. The third-order valence-corrected chi connectivity index (χ3v) is 5.60. The van der Waals surface area contributed by atoms with Gasteiger partial charge < -0.3 is 19.9 Å². The quantitative estimate of drug-likeness (QED) is 0.817. The minimum atomic E-state index is -0.372. The van der Waals surface area contributed by atoms with Crippen LogP contribution in [0.2, 0.25) is 5.02 Å². The fourth-order valence-electron chi connectivity index (χ4n) is 3.83. The fraction of sp³-hybridized carbons (Fsp3) is 0.364. The summed E-state index contributed by atoms with van der Waals surface area (Å²) in [4.78, 5) is 29.3. The number of rotatable bonds is 5. The molecular formula is C22H24ClN3O3.